The summed E-state index contributed by atoms with van der Waals surface area (Å²) in [6, 6.07) is 9.14. The van der Waals surface area contributed by atoms with E-state index in [1.807, 2.05) is 18.2 Å². The quantitative estimate of drug-likeness (QED) is 0.675. The van der Waals surface area contributed by atoms with Gasteiger partial charge < -0.3 is 23.9 Å². The maximum Gasteiger partial charge on any atom is 0.258 e. The molecule has 0 radical (unpaired) electrons. The van der Waals surface area contributed by atoms with Crippen molar-refractivity contribution >= 4 is 22.7 Å². The first-order chi connectivity index (χ1) is 13.2. The Balaban J connectivity index is 1.59. The first-order valence-electron chi connectivity index (χ1n) is 8.35. The zero-order chi connectivity index (χ0) is 18.8. The molecule has 8 heteroatoms. The number of ether oxygens (including phenoxy) is 4. The van der Waals surface area contributed by atoms with Gasteiger partial charge in [-0.3, -0.25) is 4.79 Å². The fourth-order valence-corrected chi connectivity index (χ4v) is 3.64. The van der Waals surface area contributed by atoms with E-state index in [0.717, 1.165) is 16.4 Å². The molecule has 0 amide bonds. The van der Waals surface area contributed by atoms with Crippen LogP contribution >= 0.6 is 11.8 Å². The van der Waals surface area contributed by atoms with Gasteiger partial charge in [-0.2, -0.15) is 0 Å². The lowest BCUT2D eigenvalue weighted by Gasteiger charge is -2.18. The minimum absolute atomic E-state index is 0.210. The highest BCUT2D eigenvalue weighted by Crippen LogP contribution is 2.35. The number of hydrogen-bond donors (Lipinski definition) is 1. The summed E-state index contributed by atoms with van der Waals surface area (Å²) in [4.78, 5) is 20.8. The van der Waals surface area contributed by atoms with Crippen LogP contribution in [0.4, 0.5) is 0 Å². The lowest BCUT2D eigenvalue weighted by Crippen LogP contribution is -2.15. The molecular weight excluding hydrogens is 368 g/mol. The number of fused-ring (bicyclic) bond motifs is 2. The Morgan fingerprint density at radius 1 is 1.07 bits per heavy atom. The third-order valence-electron chi connectivity index (χ3n) is 4.15. The number of methoxy groups -OCH3 is 2. The topological polar surface area (TPSA) is 82.7 Å². The Morgan fingerprint density at radius 3 is 2.59 bits per heavy atom. The number of rotatable bonds is 5. The maximum atomic E-state index is 12.4. The fourth-order valence-electron chi connectivity index (χ4n) is 2.85. The molecule has 1 aromatic heterocycles. The molecule has 0 atom stereocenters. The van der Waals surface area contributed by atoms with Gasteiger partial charge in [-0.1, -0.05) is 0 Å². The predicted octanol–water partition coefficient (Wildman–Crippen LogP) is 3.00. The van der Waals surface area contributed by atoms with E-state index in [1.54, 1.807) is 31.0 Å². The second-order valence-electron chi connectivity index (χ2n) is 5.83. The van der Waals surface area contributed by atoms with Crippen molar-refractivity contribution in [2.24, 2.45) is 0 Å². The van der Waals surface area contributed by atoms with E-state index >= 15 is 0 Å². The molecule has 0 saturated heterocycles. The lowest BCUT2D eigenvalue weighted by molar-refractivity contribution is 0.171. The van der Waals surface area contributed by atoms with Gasteiger partial charge in [0.1, 0.15) is 19.0 Å². The summed E-state index contributed by atoms with van der Waals surface area (Å²) >= 11 is 1.56. The number of thioether (sulfide) groups is 1. The minimum atomic E-state index is -0.210. The number of nitrogens with zero attached hydrogens (tertiary/aromatic N) is 1. The standard InChI is InChI=1S/C19H18N2O5S/c1-23-15-8-12-13(9-16(15)24-2)20-18(21-19(12)22)10-27-11-3-4-14-17(7-11)26-6-5-25-14/h3-4,7-9H,5-6,10H2,1-2H3,(H,20,21,22). The van der Waals surface area contributed by atoms with Crippen molar-refractivity contribution in [1.82, 2.24) is 9.97 Å². The number of hydrogen-bond acceptors (Lipinski definition) is 7. The van der Waals surface area contributed by atoms with Crippen LogP contribution in [-0.2, 0) is 5.75 Å². The third-order valence-corrected chi connectivity index (χ3v) is 5.15. The van der Waals surface area contributed by atoms with E-state index in [9.17, 15) is 4.79 Å². The maximum absolute atomic E-state index is 12.4. The highest BCUT2D eigenvalue weighted by atomic mass is 32.2. The van der Waals surface area contributed by atoms with Gasteiger partial charge in [-0.25, -0.2) is 4.98 Å². The van der Waals surface area contributed by atoms with Crippen LogP contribution in [0.5, 0.6) is 23.0 Å². The molecule has 140 valence electrons. The van der Waals surface area contributed by atoms with Crippen molar-refractivity contribution in [2.45, 2.75) is 10.6 Å². The van der Waals surface area contributed by atoms with E-state index in [1.165, 1.54) is 7.11 Å². The van der Waals surface area contributed by atoms with Crippen LogP contribution in [0.1, 0.15) is 5.82 Å². The molecule has 27 heavy (non-hydrogen) atoms. The van der Waals surface area contributed by atoms with Crippen LogP contribution in [0.15, 0.2) is 40.0 Å². The zero-order valence-corrected chi connectivity index (χ0v) is 15.7. The molecule has 0 spiro atoms. The molecule has 1 aliphatic rings. The largest absolute Gasteiger partial charge is 0.493 e. The van der Waals surface area contributed by atoms with Crippen LogP contribution in [-0.4, -0.2) is 37.4 Å². The second kappa shape index (κ2) is 7.40. The van der Waals surface area contributed by atoms with Crippen molar-refractivity contribution in [3.63, 3.8) is 0 Å². The van der Waals surface area contributed by atoms with Gasteiger partial charge in [0, 0.05) is 11.0 Å². The predicted molar refractivity (Wildman–Crippen MR) is 102 cm³/mol. The van der Waals surface area contributed by atoms with Crippen molar-refractivity contribution in [2.75, 3.05) is 27.4 Å². The summed E-state index contributed by atoms with van der Waals surface area (Å²) in [6.07, 6.45) is 0. The van der Waals surface area contributed by atoms with Crippen LogP contribution in [0.3, 0.4) is 0 Å². The number of benzene rings is 2. The van der Waals surface area contributed by atoms with E-state index in [-0.39, 0.29) is 5.56 Å². The molecule has 2 aromatic carbocycles. The highest BCUT2D eigenvalue weighted by Gasteiger charge is 2.13. The molecule has 0 saturated carbocycles. The molecule has 1 aliphatic heterocycles. The smallest absolute Gasteiger partial charge is 0.258 e. The molecule has 0 bridgehead atoms. The van der Waals surface area contributed by atoms with Gasteiger partial charge >= 0.3 is 0 Å². The Kier molecular flexibility index (Phi) is 4.81. The average molecular weight is 386 g/mol. The molecule has 1 N–H and O–H groups in total. The molecular formula is C19H18N2O5S. The van der Waals surface area contributed by atoms with E-state index in [4.69, 9.17) is 18.9 Å². The van der Waals surface area contributed by atoms with E-state index < -0.39 is 0 Å². The van der Waals surface area contributed by atoms with Crippen LogP contribution in [0, 0.1) is 0 Å². The van der Waals surface area contributed by atoms with Crippen molar-refractivity contribution < 1.29 is 18.9 Å². The van der Waals surface area contributed by atoms with Gasteiger partial charge in [-0.05, 0) is 24.3 Å². The van der Waals surface area contributed by atoms with Gasteiger partial charge in [0.05, 0.1) is 30.9 Å². The Bertz CT molecular complexity index is 1050. The number of aromatic amines is 1. The van der Waals surface area contributed by atoms with Crippen molar-refractivity contribution in [3.05, 3.63) is 46.5 Å². The summed E-state index contributed by atoms with van der Waals surface area (Å²) in [5, 5.41) is 0.459. The molecule has 3 aromatic rings. The second-order valence-corrected chi connectivity index (χ2v) is 6.88. The number of H-pyrrole nitrogens is 1. The molecule has 0 aliphatic carbocycles. The van der Waals surface area contributed by atoms with Crippen LogP contribution in [0.2, 0.25) is 0 Å². The summed E-state index contributed by atoms with van der Waals surface area (Å²) in [5.41, 5.74) is 0.355. The monoisotopic (exact) mass is 386 g/mol. The summed E-state index contributed by atoms with van der Waals surface area (Å²) in [5.74, 6) is 3.62. The van der Waals surface area contributed by atoms with Gasteiger partial charge in [0.15, 0.2) is 23.0 Å². The normalized spacial score (nSPS) is 12.8. The minimum Gasteiger partial charge on any atom is -0.493 e. The third kappa shape index (κ3) is 3.52. The van der Waals surface area contributed by atoms with Gasteiger partial charge in [0.25, 0.3) is 5.56 Å². The zero-order valence-electron chi connectivity index (χ0n) is 14.9. The average Bonchev–Trinajstić information content (AvgIpc) is 2.71. The van der Waals surface area contributed by atoms with Gasteiger partial charge in [-0.15, -0.1) is 11.8 Å². The molecule has 0 unspecified atom stereocenters. The van der Waals surface area contributed by atoms with Crippen LogP contribution < -0.4 is 24.5 Å². The first kappa shape index (κ1) is 17.5. The Hall–Kier alpha value is -2.87. The lowest BCUT2D eigenvalue weighted by atomic mass is 10.2. The number of nitrogens with one attached hydrogen (secondary N) is 1. The summed E-state index contributed by atoms with van der Waals surface area (Å²) in [6.45, 7) is 1.11. The summed E-state index contributed by atoms with van der Waals surface area (Å²) in [7, 11) is 3.08. The molecule has 7 nitrogen and oxygen atoms in total. The first-order valence-corrected chi connectivity index (χ1v) is 9.34. The van der Waals surface area contributed by atoms with E-state index in [0.29, 0.717) is 47.2 Å². The van der Waals surface area contributed by atoms with Crippen LogP contribution in [0.25, 0.3) is 10.9 Å². The van der Waals surface area contributed by atoms with Crippen molar-refractivity contribution in [3.8, 4) is 23.0 Å². The van der Waals surface area contributed by atoms with Gasteiger partial charge in [0.2, 0.25) is 0 Å². The Morgan fingerprint density at radius 2 is 1.81 bits per heavy atom. The molecule has 2 heterocycles. The molecule has 4 rings (SSSR count). The highest BCUT2D eigenvalue weighted by molar-refractivity contribution is 7.98. The van der Waals surface area contributed by atoms with Crippen molar-refractivity contribution in [1.29, 1.82) is 0 Å². The summed E-state index contributed by atoms with van der Waals surface area (Å²) < 4.78 is 21.7. The Labute approximate surface area is 159 Å². The molecule has 0 fully saturated rings. The van der Waals surface area contributed by atoms with E-state index in [2.05, 4.69) is 9.97 Å². The SMILES string of the molecule is COc1cc2nc(CSc3ccc4c(c3)OCCO4)[nH]c(=O)c2cc1OC. The fraction of sp³-hybridized carbons (Fsp3) is 0.263. The number of aromatic nitrogens is 2.